The molecular weight excluding hydrogens is 476 g/mol. The van der Waals surface area contributed by atoms with E-state index in [0.717, 1.165) is 34.1 Å². The molecule has 1 heterocycles. The number of carbonyl (C=O) groups excluding carboxylic acids is 2. The molecule has 0 unspecified atom stereocenters. The van der Waals surface area contributed by atoms with E-state index < -0.39 is 5.25 Å². The van der Waals surface area contributed by atoms with Crippen LogP contribution in [0.3, 0.4) is 0 Å². The van der Waals surface area contributed by atoms with E-state index in [2.05, 4.69) is 26.6 Å². The number of rotatable bonds is 5. The Balaban J connectivity index is 1.64. The first kappa shape index (κ1) is 21.6. The average molecular weight is 499 g/mol. The zero-order valence-electron chi connectivity index (χ0n) is 17.2. The van der Waals surface area contributed by atoms with Crippen LogP contribution >= 0.6 is 27.7 Å². The summed E-state index contributed by atoms with van der Waals surface area (Å²) < 4.78 is 0.919. The number of nitrogens with two attached hydrogens (primary N) is 1. The summed E-state index contributed by atoms with van der Waals surface area (Å²) >= 11 is 4.59. The van der Waals surface area contributed by atoms with Gasteiger partial charge in [0, 0.05) is 21.9 Å². The van der Waals surface area contributed by atoms with Crippen molar-refractivity contribution in [1.29, 1.82) is 0 Å². The smallest absolute Gasteiger partial charge is 0.256 e. The van der Waals surface area contributed by atoms with Gasteiger partial charge in [0.25, 0.3) is 5.91 Å². The minimum Gasteiger partial charge on any atom is -0.400 e. The topological polar surface area (TPSA) is 96.6 Å². The molecule has 0 radical (unpaired) electrons. The Bertz CT molecular complexity index is 1110. The summed E-state index contributed by atoms with van der Waals surface area (Å²) in [5, 5.41) is 5.59. The quantitative estimate of drug-likeness (QED) is 0.570. The molecule has 0 bridgehead atoms. The molecule has 4 rings (SSSR count). The highest BCUT2D eigenvalue weighted by atomic mass is 79.9. The number of benzene rings is 2. The number of aryl methyl sites for hydroxylation is 2. The monoisotopic (exact) mass is 498 g/mol. The number of thioether (sulfide) groups is 1. The standard InChI is InChI=1S/C23H23BrN4O2S/c1-12-3-10-17(13(2)11-12)28-23-18(21(29)26-16-8-9-16)19(25)20(31-23)22(30)27-15-6-4-14(24)5-7-15/h3-7,10-11,16,20H,8-9,25H2,1-2H3,(H,26,29)(H,27,30)/t20-/m0/s1. The summed E-state index contributed by atoms with van der Waals surface area (Å²) in [7, 11) is 0. The number of amides is 2. The second-order valence-electron chi connectivity index (χ2n) is 7.78. The van der Waals surface area contributed by atoms with Gasteiger partial charge in [0.2, 0.25) is 5.91 Å². The zero-order valence-corrected chi connectivity index (χ0v) is 19.6. The summed E-state index contributed by atoms with van der Waals surface area (Å²) in [5.41, 5.74) is 10.4. The number of aliphatic imine (C=N–C) groups is 1. The average Bonchev–Trinajstić information content (AvgIpc) is 3.47. The van der Waals surface area contributed by atoms with E-state index in [1.807, 2.05) is 44.2 Å². The van der Waals surface area contributed by atoms with E-state index in [9.17, 15) is 9.59 Å². The van der Waals surface area contributed by atoms with Crippen LogP contribution < -0.4 is 16.4 Å². The second-order valence-corrected chi connectivity index (χ2v) is 9.79. The fourth-order valence-corrected chi connectivity index (χ4v) is 4.64. The van der Waals surface area contributed by atoms with Gasteiger partial charge in [0.05, 0.1) is 11.3 Å². The van der Waals surface area contributed by atoms with Crippen molar-refractivity contribution in [2.24, 2.45) is 10.7 Å². The third kappa shape index (κ3) is 5.02. The van der Waals surface area contributed by atoms with Gasteiger partial charge in [0.1, 0.15) is 10.3 Å². The highest BCUT2D eigenvalue weighted by Crippen LogP contribution is 2.36. The predicted molar refractivity (Wildman–Crippen MR) is 130 cm³/mol. The largest absolute Gasteiger partial charge is 0.400 e. The van der Waals surface area contributed by atoms with Crippen LogP contribution in [-0.4, -0.2) is 28.1 Å². The fourth-order valence-electron chi connectivity index (χ4n) is 3.26. The van der Waals surface area contributed by atoms with Crippen LogP contribution in [0.2, 0.25) is 0 Å². The molecule has 0 spiro atoms. The van der Waals surface area contributed by atoms with Crippen LogP contribution in [0.4, 0.5) is 11.4 Å². The van der Waals surface area contributed by atoms with E-state index in [1.54, 1.807) is 12.1 Å². The van der Waals surface area contributed by atoms with Crippen molar-refractivity contribution >= 4 is 55.9 Å². The molecule has 0 saturated heterocycles. The molecule has 1 saturated carbocycles. The van der Waals surface area contributed by atoms with Gasteiger partial charge in [-0.15, -0.1) is 0 Å². The van der Waals surface area contributed by atoms with Crippen molar-refractivity contribution in [3.8, 4) is 0 Å². The van der Waals surface area contributed by atoms with Crippen LogP contribution in [0.5, 0.6) is 0 Å². The predicted octanol–water partition coefficient (Wildman–Crippen LogP) is 4.34. The number of anilines is 1. The number of hydrogen-bond acceptors (Lipinski definition) is 5. The highest BCUT2D eigenvalue weighted by Gasteiger charge is 2.39. The Hall–Kier alpha value is -2.58. The maximum atomic E-state index is 13.0. The molecule has 1 aliphatic heterocycles. The number of nitrogens with zero attached hydrogens (tertiary/aromatic N) is 1. The van der Waals surface area contributed by atoms with Gasteiger partial charge in [-0.05, 0) is 62.6 Å². The summed E-state index contributed by atoms with van der Waals surface area (Å²) in [6.07, 6.45) is 1.92. The van der Waals surface area contributed by atoms with Gasteiger partial charge >= 0.3 is 0 Å². The Morgan fingerprint density at radius 1 is 1.13 bits per heavy atom. The maximum Gasteiger partial charge on any atom is 0.256 e. The van der Waals surface area contributed by atoms with Crippen molar-refractivity contribution in [3.63, 3.8) is 0 Å². The van der Waals surface area contributed by atoms with Gasteiger partial charge in [0.15, 0.2) is 0 Å². The van der Waals surface area contributed by atoms with Crippen molar-refractivity contribution in [1.82, 2.24) is 5.32 Å². The Kier molecular flexibility index (Phi) is 6.20. The molecule has 8 heteroatoms. The molecule has 1 aliphatic carbocycles. The van der Waals surface area contributed by atoms with E-state index >= 15 is 0 Å². The fraction of sp³-hybridized carbons (Fsp3) is 0.261. The number of hydrogen-bond donors (Lipinski definition) is 3. The van der Waals surface area contributed by atoms with Gasteiger partial charge in [-0.25, -0.2) is 4.99 Å². The first-order chi connectivity index (χ1) is 14.8. The third-order valence-corrected chi connectivity index (χ3v) is 6.83. The molecule has 2 aromatic rings. The lowest BCUT2D eigenvalue weighted by molar-refractivity contribution is -0.117. The Morgan fingerprint density at radius 3 is 2.48 bits per heavy atom. The summed E-state index contributed by atoms with van der Waals surface area (Å²) in [5.74, 6) is -0.553. The van der Waals surface area contributed by atoms with Crippen LogP contribution in [0.1, 0.15) is 24.0 Å². The lowest BCUT2D eigenvalue weighted by Crippen LogP contribution is -2.32. The normalized spacial score (nSPS) is 19.6. The minimum atomic E-state index is -0.729. The zero-order chi connectivity index (χ0) is 22.1. The number of nitrogens with one attached hydrogen (secondary N) is 2. The first-order valence-electron chi connectivity index (χ1n) is 10.0. The van der Waals surface area contributed by atoms with Crippen LogP contribution in [0, 0.1) is 13.8 Å². The minimum absolute atomic E-state index is 0.177. The van der Waals surface area contributed by atoms with Gasteiger partial charge < -0.3 is 16.4 Å². The summed E-state index contributed by atoms with van der Waals surface area (Å²) in [4.78, 5) is 30.6. The second kappa shape index (κ2) is 8.88. The summed E-state index contributed by atoms with van der Waals surface area (Å²) in [6.45, 7) is 3.99. The molecule has 2 aliphatic rings. The molecular formula is C23H23BrN4O2S. The molecule has 4 N–H and O–H groups in total. The van der Waals surface area contributed by atoms with Gasteiger partial charge in [-0.3, -0.25) is 9.59 Å². The molecule has 6 nitrogen and oxygen atoms in total. The van der Waals surface area contributed by atoms with E-state index in [4.69, 9.17) is 10.7 Å². The van der Waals surface area contributed by atoms with Crippen molar-refractivity contribution in [2.45, 2.75) is 38.0 Å². The highest BCUT2D eigenvalue weighted by molar-refractivity contribution is 9.10. The number of halogens is 1. The lowest BCUT2D eigenvalue weighted by atomic mass is 10.1. The first-order valence-corrected chi connectivity index (χ1v) is 11.7. The SMILES string of the molecule is Cc1ccc(N=C2S[C@H](C(=O)Nc3ccc(Br)cc3)C(N)=C2C(=O)NC2CC2)c(C)c1. The Labute approximate surface area is 193 Å². The van der Waals surface area contributed by atoms with Crippen LogP contribution in [0.15, 0.2) is 63.2 Å². The third-order valence-electron chi connectivity index (χ3n) is 5.08. The summed E-state index contributed by atoms with van der Waals surface area (Å²) in [6, 6.07) is 13.4. The van der Waals surface area contributed by atoms with E-state index in [-0.39, 0.29) is 23.6 Å². The molecule has 1 atom stereocenters. The van der Waals surface area contributed by atoms with E-state index in [0.29, 0.717) is 16.3 Å². The molecule has 160 valence electrons. The Morgan fingerprint density at radius 2 is 1.84 bits per heavy atom. The van der Waals surface area contributed by atoms with Gasteiger partial charge in [-0.1, -0.05) is 45.4 Å². The van der Waals surface area contributed by atoms with Gasteiger partial charge in [-0.2, -0.15) is 0 Å². The van der Waals surface area contributed by atoms with Crippen LogP contribution in [-0.2, 0) is 9.59 Å². The van der Waals surface area contributed by atoms with Crippen molar-refractivity contribution in [3.05, 3.63) is 69.3 Å². The number of carbonyl (C=O) groups is 2. The molecule has 2 aromatic carbocycles. The van der Waals surface area contributed by atoms with Crippen molar-refractivity contribution in [2.75, 3.05) is 5.32 Å². The molecule has 1 fully saturated rings. The lowest BCUT2D eigenvalue weighted by Gasteiger charge is -2.11. The molecule has 31 heavy (non-hydrogen) atoms. The van der Waals surface area contributed by atoms with Crippen molar-refractivity contribution < 1.29 is 9.59 Å². The van der Waals surface area contributed by atoms with E-state index in [1.165, 1.54) is 11.8 Å². The maximum absolute atomic E-state index is 13.0. The molecule has 0 aromatic heterocycles. The van der Waals surface area contributed by atoms with Crippen LogP contribution in [0.25, 0.3) is 0 Å². The molecule has 2 amide bonds.